The van der Waals surface area contributed by atoms with E-state index in [0.717, 1.165) is 35.3 Å². The van der Waals surface area contributed by atoms with Gasteiger partial charge in [0.15, 0.2) is 0 Å². The van der Waals surface area contributed by atoms with Gasteiger partial charge in [-0.3, -0.25) is 4.79 Å². The minimum atomic E-state index is -0.330. The smallest absolute Gasteiger partial charge is 0.222 e. The maximum absolute atomic E-state index is 11.2. The molecule has 4 heteroatoms. The van der Waals surface area contributed by atoms with Crippen molar-refractivity contribution < 1.29 is 4.79 Å². The Kier molecular flexibility index (Phi) is 6.00. The number of hydrogen-bond donors (Lipinski definition) is 0. The molecule has 1 aromatic carbocycles. The number of aryl methyl sites for hydroxylation is 1. The van der Waals surface area contributed by atoms with E-state index in [4.69, 9.17) is 16.6 Å². The van der Waals surface area contributed by atoms with Crippen LogP contribution in [0.15, 0.2) is 30.4 Å². The van der Waals surface area contributed by atoms with Crippen LogP contribution in [-0.2, 0) is 18.3 Å². The van der Waals surface area contributed by atoms with Crippen molar-refractivity contribution in [2.75, 3.05) is 0 Å². The molecule has 0 amide bonds. The van der Waals surface area contributed by atoms with Gasteiger partial charge in [-0.15, -0.1) is 0 Å². The van der Waals surface area contributed by atoms with Crippen LogP contribution in [0.25, 0.3) is 17.1 Å². The first kappa shape index (κ1) is 18.5. The van der Waals surface area contributed by atoms with E-state index in [9.17, 15) is 4.79 Å². The number of halogens is 1. The molecule has 0 aliphatic carbocycles. The summed E-state index contributed by atoms with van der Waals surface area (Å²) in [6.07, 6.45) is 6.25. The van der Waals surface area contributed by atoms with Gasteiger partial charge in [0.1, 0.15) is 5.82 Å². The van der Waals surface area contributed by atoms with E-state index in [-0.39, 0.29) is 17.6 Å². The fourth-order valence-corrected chi connectivity index (χ4v) is 3.24. The molecule has 0 fully saturated rings. The number of nitrogens with zero attached hydrogens (tertiary/aromatic N) is 2. The number of benzene rings is 1. The van der Waals surface area contributed by atoms with Crippen molar-refractivity contribution in [2.45, 2.75) is 46.0 Å². The molecular weight excluding hydrogens is 320 g/mol. The third-order valence-corrected chi connectivity index (χ3v) is 4.55. The molecule has 0 bridgehead atoms. The number of carbonyl (C=O) groups excluding carboxylic acids is 1. The molecule has 1 aromatic heterocycles. The molecule has 0 N–H and O–H groups in total. The average Bonchev–Trinajstić information content (AvgIpc) is 2.86. The maximum atomic E-state index is 11.2. The Morgan fingerprint density at radius 1 is 1.46 bits per heavy atom. The van der Waals surface area contributed by atoms with Gasteiger partial charge in [0, 0.05) is 24.9 Å². The van der Waals surface area contributed by atoms with Crippen molar-refractivity contribution >= 4 is 34.0 Å². The molecule has 1 unspecified atom stereocenters. The molecule has 0 saturated carbocycles. The van der Waals surface area contributed by atoms with E-state index in [0.29, 0.717) is 0 Å². The minimum Gasteiger partial charge on any atom is -0.331 e. The number of hydrogen-bond acceptors (Lipinski definition) is 2. The third-order valence-electron chi connectivity index (χ3n) is 4.40. The Balaban J connectivity index is 2.60. The molecule has 3 nitrogen and oxygen atoms in total. The van der Waals surface area contributed by atoms with Gasteiger partial charge in [-0.2, -0.15) is 0 Å². The maximum Gasteiger partial charge on any atom is 0.222 e. The summed E-state index contributed by atoms with van der Waals surface area (Å²) in [5, 5.41) is -0.330. The van der Waals surface area contributed by atoms with E-state index in [1.165, 1.54) is 11.1 Å². The molecule has 0 spiro atoms. The third kappa shape index (κ3) is 3.78. The Labute approximate surface area is 149 Å². The van der Waals surface area contributed by atoms with Gasteiger partial charge in [0.05, 0.1) is 11.0 Å². The lowest BCUT2D eigenvalue weighted by molar-refractivity contribution is -0.112. The number of allylic oxidation sites excluding steroid dienone is 2. The number of imidazole rings is 1. The van der Waals surface area contributed by atoms with Gasteiger partial charge in [0.2, 0.25) is 5.24 Å². The summed E-state index contributed by atoms with van der Waals surface area (Å²) in [7, 11) is 1.99. The summed E-state index contributed by atoms with van der Waals surface area (Å²) < 4.78 is 2.06. The van der Waals surface area contributed by atoms with Gasteiger partial charge < -0.3 is 4.57 Å². The van der Waals surface area contributed by atoms with Crippen LogP contribution in [0, 0.1) is 0 Å². The Bertz CT molecular complexity index is 802. The first-order valence-corrected chi connectivity index (χ1v) is 8.72. The zero-order valence-electron chi connectivity index (χ0n) is 14.9. The Morgan fingerprint density at radius 2 is 2.17 bits per heavy atom. The lowest BCUT2D eigenvalue weighted by Crippen LogP contribution is -2.05. The second kappa shape index (κ2) is 7.80. The lowest BCUT2D eigenvalue weighted by Gasteiger charge is -2.09. The van der Waals surface area contributed by atoms with Crippen molar-refractivity contribution in [3.05, 3.63) is 47.3 Å². The molecular formula is C20H25ClN2O. The number of aromatic nitrogens is 2. The largest absolute Gasteiger partial charge is 0.331 e. The number of fused-ring (bicyclic) bond motifs is 1. The van der Waals surface area contributed by atoms with Gasteiger partial charge in [0.25, 0.3) is 0 Å². The van der Waals surface area contributed by atoms with Crippen LogP contribution >= 0.6 is 11.6 Å². The van der Waals surface area contributed by atoms with Crippen LogP contribution in [0.1, 0.15) is 56.5 Å². The van der Waals surface area contributed by atoms with Crippen molar-refractivity contribution in [1.29, 1.82) is 0 Å². The predicted molar refractivity (Wildman–Crippen MR) is 102 cm³/mol. The van der Waals surface area contributed by atoms with E-state index in [1.807, 2.05) is 27.0 Å². The fourth-order valence-electron chi connectivity index (χ4n) is 3.01. The van der Waals surface area contributed by atoms with Crippen LogP contribution in [0.3, 0.4) is 0 Å². The van der Waals surface area contributed by atoms with E-state index in [1.54, 1.807) is 0 Å². The molecule has 0 aliphatic heterocycles. The van der Waals surface area contributed by atoms with E-state index in [2.05, 4.69) is 36.3 Å². The molecule has 1 heterocycles. The van der Waals surface area contributed by atoms with Crippen LogP contribution in [-0.4, -0.2) is 14.8 Å². The monoisotopic (exact) mass is 344 g/mol. The van der Waals surface area contributed by atoms with Crippen molar-refractivity contribution in [3.8, 4) is 0 Å². The van der Waals surface area contributed by atoms with Gasteiger partial charge >= 0.3 is 0 Å². The van der Waals surface area contributed by atoms with Gasteiger partial charge in [-0.1, -0.05) is 44.2 Å². The quantitative estimate of drug-likeness (QED) is 0.499. The second-order valence-corrected chi connectivity index (χ2v) is 6.70. The van der Waals surface area contributed by atoms with Crippen molar-refractivity contribution in [2.24, 2.45) is 7.05 Å². The minimum absolute atomic E-state index is 0.0140. The second-order valence-electron chi connectivity index (χ2n) is 6.28. The number of carbonyl (C=O) groups is 1. The highest BCUT2D eigenvalue weighted by Gasteiger charge is 2.19. The summed E-state index contributed by atoms with van der Waals surface area (Å²) in [6, 6.07) is 4.26. The summed E-state index contributed by atoms with van der Waals surface area (Å²) in [5.41, 5.74) is 5.62. The zero-order chi connectivity index (χ0) is 17.9. The average molecular weight is 345 g/mol. The highest BCUT2D eigenvalue weighted by molar-refractivity contribution is 6.63. The van der Waals surface area contributed by atoms with Crippen molar-refractivity contribution in [3.63, 3.8) is 0 Å². The van der Waals surface area contributed by atoms with Crippen LogP contribution in [0.4, 0.5) is 0 Å². The number of rotatable bonds is 7. The Morgan fingerprint density at radius 3 is 2.75 bits per heavy atom. The molecule has 24 heavy (non-hydrogen) atoms. The molecule has 1 atom stereocenters. The molecule has 0 radical (unpaired) electrons. The SMILES string of the molecule is C=C(CC)Cc1ccc2c(nc(C(C)CC(=O)Cl)n2C)c1C=CC. The van der Waals surface area contributed by atoms with Crippen LogP contribution < -0.4 is 0 Å². The summed E-state index contributed by atoms with van der Waals surface area (Å²) in [5.74, 6) is 0.871. The molecule has 0 saturated heterocycles. The highest BCUT2D eigenvalue weighted by atomic mass is 35.5. The zero-order valence-corrected chi connectivity index (χ0v) is 15.7. The van der Waals surface area contributed by atoms with Crippen LogP contribution in [0.2, 0.25) is 0 Å². The Hall–Kier alpha value is -1.87. The van der Waals surface area contributed by atoms with Gasteiger partial charge in [-0.05, 0) is 43.0 Å². The first-order valence-electron chi connectivity index (χ1n) is 8.34. The normalized spacial score (nSPS) is 12.9. The standard InChI is InChI=1S/C20H25ClN2O/c1-6-8-16-15(11-13(3)7-2)9-10-17-19(16)22-20(23(17)5)14(4)12-18(21)24/h6,8-10,14H,3,7,11-12H2,1-2,4-5H3. The lowest BCUT2D eigenvalue weighted by atomic mass is 9.98. The summed E-state index contributed by atoms with van der Waals surface area (Å²) >= 11 is 5.56. The molecule has 2 rings (SSSR count). The molecule has 2 aromatic rings. The predicted octanol–water partition coefficient (Wildman–Crippen LogP) is 5.37. The fraction of sp³-hybridized carbons (Fsp3) is 0.400. The molecule has 128 valence electrons. The first-order chi connectivity index (χ1) is 11.4. The van der Waals surface area contributed by atoms with Crippen LogP contribution in [0.5, 0.6) is 0 Å². The summed E-state index contributed by atoms with van der Waals surface area (Å²) in [6.45, 7) is 10.2. The highest BCUT2D eigenvalue weighted by Crippen LogP contribution is 2.29. The van der Waals surface area contributed by atoms with Gasteiger partial charge in [-0.25, -0.2) is 4.98 Å². The summed E-state index contributed by atoms with van der Waals surface area (Å²) in [4.78, 5) is 16.1. The topological polar surface area (TPSA) is 34.9 Å². The van der Waals surface area contributed by atoms with Crippen molar-refractivity contribution in [1.82, 2.24) is 9.55 Å². The molecule has 0 aliphatic rings. The van der Waals surface area contributed by atoms with E-state index >= 15 is 0 Å². The van der Waals surface area contributed by atoms with E-state index < -0.39 is 0 Å².